The number of carbonyl (C=O) groups is 2. The summed E-state index contributed by atoms with van der Waals surface area (Å²) in [7, 11) is 0. The van der Waals surface area contributed by atoms with Gasteiger partial charge in [-0.2, -0.15) is 0 Å². The van der Waals surface area contributed by atoms with Gasteiger partial charge in [0.05, 0.1) is 12.0 Å². The van der Waals surface area contributed by atoms with Crippen LogP contribution < -0.4 is 0 Å². The first-order chi connectivity index (χ1) is 12.4. The van der Waals surface area contributed by atoms with Crippen LogP contribution >= 0.6 is 27.7 Å². The molecular weight excluding hydrogens is 414 g/mol. The van der Waals surface area contributed by atoms with E-state index in [4.69, 9.17) is 4.74 Å². The molecule has 1 heterocycles. The lowest BCUT2D eigenvalue weighted by molar-refractivity contribution is -0.149. The Morgan fingerprint density at radius 3 is 2.77 bits per heavy atom. The van der Waals surface area contributed by atoms with Crippen molar-refractivity contribution in [3.63, 3.8) is 0 Å². The van der Waals surface area contributed by atoms with Crippen LogP contribution in [0.3, 0.4) is 0 Å². The Morgan fingerprint density at radius 2 is 2.12 bits per heavy atom. The number of esters is 1. The molecule has 1 aliphatic heterocycles. The van der Waals surface area contributed by atoms with E-state index in [2.05, 4.69) is 22.9 Å². The van der Waals surface area contributed by atoms with Crippen LogP contribution in [-0.4, -0.2) is 40.6 Å². The van der Waals surface area contributed by atoms with Gasteiger partial charge in [-0.05, 0) is 30.5 Å². The van der Waals surface area contributed by atoms with Crippen molar-refractivity contribution in [2.45, 2.75) is 57.9 Å². The molecule has 0 bridgehead atoms. The summed E-state index contributed by atoms with van der Waals surface area (Å²) in [6.07, 6.45) is 4.24. The van der Waals surface area contributed by atoms with Gasteiger partial charge < -0.3 is 9.64 Å². The standard InChI is InChI=1S/C20H28BrNO3S/c1-4-5-6-10-18-22(19(23)15-8-7-9-16(21)11-15)17(13-26-18)20(24)25-12-14(2)3/h7-9,11,14,17-18H,4-6,10,12-13H2,1-3H3. The van der Waals surface area contributed by atoms with Gasteiger partial charge in [-0.3, -0.25) is 4.79 Å². The molecule has 2 atom stereocenters. The van der Waals surface area contributed by atoms with Crippen molar-refractivity contribution in [3.8, 4) is 0 Å². The molecule has 2 unspecified atom stereocenters. The molecule has 6 heteroatoms. The minimum absolute atomic E-state index is 0.0321. The molecule has 1 amide bonds. The molecule has 0 aromatic heterocycles. The summed E-state index contributed by atoms with van der Waals surface area (Å²) in [5, 5.41) is 0.0321. The van der Waals surface area contributed by atoms with E-state index in [9.17, 15) is 9.59 Å². The highest BCUT2D eigenvalue weighted by Gasteiger charge is 2.42. The van der Waals surface area contributed by atoms with Crippen LogP contribution in [0, 0.1) is 5.92 Å². The second kappa shape index (κ2) is 10.4. The summed E-state index contributed by atoms with van der Waals surface area (Å²) in [6.45, 7) is 6.57. The molecule has 0 saturated carbocycles. The highest BCUT2D eigenvalue weighted by Crippen LogP contribution is 2.35. The van der Waals surface area contributed by atoms with Crippen molar-refractivity contribution in [2.75, 3.05) is 12.4 Å². The quantitative estimate of drug-likeness (QED) is 0.415. The minimum Gasteiger partial charge on any atom is -0.464 e. The Morgan fingerprint density at radius 1 is 1.35 bits per heavy atom. The van der Waals surface area contributed by atoms with Gasteiger partial charge in [0, 0.05) is 15.8 Å². The van der Waals surface area contributed by atoms with Crippen LogP contribution in [0.25, 0.3) is 0 Å². The predicted molar refractivity (Wildman–Crippen MR) is 110 cm³/mol. The summed E-state index contributed by atoms with van der Waals surface area (Å²) >= 11 is 5.11. The first-order valence-electron chi connectivity index (χ1n) is 9.30. The molecule has 1 aliphatic rings. The van der Waals surface area contributed by atoms with Crippen molar-refractivity contribution in [3.05, 3.63) is 34.3 Å². The maximum absolute atomic E-state index is 13.2. The Kier molecular flexibility index (Phi) is 8.48. The summed E-state index contributed by atoms with van der Waals surface area (Å²) < 4.78 is 6.30. The average molecular weight is 442 g/mol. The lowest BCUT2D eigenvalue weighted by atomic mass is 10.1. The number of hydrogen-bond donors (Lipinski definition) is 0. The number of ether oxygens (including phenoxy) is 1. The first kappa shape index (κ1) is 21.3. The predicted octanol–water partition coefficient (Wildman–Crippen LogP) is 5.11. The number of unbranched alkanes of at least 4 members (excludes halogenated alkanes) is 2. The number of rotatable bonds is 8. The van der Waals surface area contributed by atoms with E-state index in [0.717, 1.165) is 30.2 Å². The third-order valence-electron chi connectivity index (χ3n) is 4.28. The number of hydrogen-bond acceptors (Lipinski definition) is 4. The maximum atomic E-state index is 13.2. The van der Waals surface area contributed by atoms with E-state index in [1.165, 1.54) is 0 Å². The van der Waals surface area contributed by atoms with Crippen molar-refractivity contribution >= 4 is 39.6 Å². The molecule has 26 heavy (non-hydrogen) atoms. The van der Waals surface area contributed by atoms with Crippen molar-refractivity contribution in [2.24, 2.45) is 5.92 Å². The Balaban J connectivity index is 2.18. The van der Waals surface area contributed by atoms with Crippen LogP contribution in [0.15, 0.2) is 28.7 Å². The second-order valence-corrected chi connectivity index (χ2v) is 9.17. The highest BCUT2D eigenvalue weighted by molar-refractivity contribution is 9.10. The minimum atomic E-state index is -0.503. The summed E-state index contributed by atoms with van der Waals surface area (Å²) in [5.41, 5.74) is 0.601. The van der Waals surface area contributed by atoms with Gasteiger partial charge in [-0.1, -0.05) is 62.0 Å². The molecule has 1 aromatic rings. The highest BCUT2D eigenvalue weighted by atomic mass is 79.9. The van der Waals surface area contributed by atoms with Crippen LogP contribution in [0.4, 0.5) is 0 Å². The molecular formula is C20H28BrNO3S. The Hall–Kier alpha value is -1.01. The van der Waals surface area contributed by atoms with E-state index < -0.39 is 6.04 Å². The monoisotopic (exact) mass is 441 g/mol. The Labute approximate surface area is 169 Å². The van der Waals surface area contributed by atoms with E-state index >= 15 is 0 Å². The van der Waals surface area contributed by atoms with Crippen LogP contribution in [-0.2, 0) is 9.53 Å². The second-order valence-electron chi connectivity index (χ2n) is 7.05. The molecule has 1 saturated heterocycles. The van der Waals surface area contributed by atoms with Crippen LogP contribution in [0.1, 0.15) is 56.8 Å². The fraction of sp³-hybridized carbons (Fsp3) is 0.600. The zero-order valence-electron chi connectivity index (χ0n) is 15.7. The molecule has 1 aromatic carbocycles. The number of nitrogens with zero attached hydrogens (tertiary/aromatic N) is 1. The normalized spacial score (nSPS) is 19.8. The summed E-state index contributed by atoms with van der Waals surface area (Å²) in [4.78, 5) is 27.5. The number of halogens is 1. The molecule has 144 valence electrons. The van der Waals surface area contributed by atoms with Gasteiger partial charge in [0.25, 0.3) is 5.91 Å². The van der Waals surface area contributed by atoms with E-state index in [1.807, 2.05) is 32.0 Å². The summed E-state index contributed by atoms with van der Waals surface area (Å²) in [6, 6.07) is 6.85. The van der Waals surface area contributed by atoms with Crippen LogP contribution in [0.2, 0.25) is 0 Å². The lowest BCUT2D eigenvalue weighted by Gasteiger charge is -2.28. The molecule has 1 fully saturated rings. The molecule has 0 aliphatic carbocycles. The lowest BCUT2D eigenvalue weighted by Crippen LogP contribution is -2.46. The molecule has 0 radical (unpaired) electrons. The molecule has 2 rings (SSSR count). The fourth-order valence-electron chi connectivity index (χ4n) is 2.92. The van der Waals surface area contributed by atoms with Crippen molar-refractivity contribution < 1.29 is 14.3 Å². The largest absolute Gasteiger partial charge is 0.464 e. The van der Waals surface area contributed by atoms with Gasteiger partial charge in [0.15, 0.2) is 0 Å². The van der Waals surface area contributed by atoms with Gasteiger partial charge in [-0.15, -0.1) is 11.8 Å². The first-order valence-corrected chi connectivity index (χ1v) is 11.1. The van der Waals surface area contributed by atoms with Crippen molar-refractivity contribution in [1.29, 1.82) is 0 Å². The Bertz CT molecular complexity index is 623. The van der Waals surface area contributed by atoms with Gasteiger partial charge in [0.1, 0.15) is 6.04 Å². The maximum Gasteiger partial charge on any atom is 0.329 e. The van der Waals surface area contributed by atoms with Gasteiger partial charge in [0.2, 0.25) is 0 Å². The van der Waals surface area contributed by atoms with Crippen LogP contribution in [0.5, 0.6) is 0 Å². The average Bonchev–Trinajstić information content (AvgIpc) is 3.03. The van der Waals surface area contributed by atoms with E-state index in [1.54, 1.807) is 22.7 Å². The molecule has 4 nitrogen and oxygen atoms in total. The third kappa shape index (κ3) is 5.74. The SMILES string of the molecule is CCCCCC1SCC(C(=O)OCC(C)C)N1C(=O)c1cccc(Br)c1. The summed E-state index contributed by atoms with van der Waals surface area (Å²) in [5.74, 6) is 0.507. The zero-order valence-corrected chi connectivity index (χ0v) is 18.1. The smallest absolute Gasteiger partial charge is 0.329 e. The third-order valence-corrected chi connectivity index (χ3v) is 6.13. The van der Waals surface area contributed by atoms with Crippen molar-refractivity contribution in [1.82, 2.24) is 4.90 Å². The number of benzene rings is 1. The molecule has 0 spiro atoms. The van der Waals surface area contributed by atoms with Gasteiger partial charge in [-0.25, -0.2) is 4.79 Å². The number of carbonyl (C=O) groups excluding carboxylic acids is 2. The topological polar surface area (TPSA) is 46.6 Å². The fourth-order valence-corrected chi connectivity index (χ4v) is 4.76. The zero-order chi connectivity index (χ0) is 19.1. The van der Waals surface area contributed by atoms with E-state index in [0.29, 0.717) is 17.9 Å². The number of amides is 1. The molecule has 0 N–H and O–H groups in total. The van der Waals surface area contributed by atoms with Gasteiger partial charge >= 0.3 is 5.97 Å². The van der Waals surface area contributed by atoms with E-state index in [-0.39, 0.29) is 23.2 Å². The number of thioether (sulfide) groups is 1.